The van der Waals surface area contributed by atoms with Crippen LogP contribution in [0.25, 0.3) is 22.3 Å². The third-order valence-electron chi connectivity index (χ3n) is 5.07. The van der Waals surface area contributed by atoms with Crippen molar-refractivity contribution in [3.05, 3.63) is 52.7 Å². The highest BCUT2D eigenvalue weighted by molar-refractivity contribution is 5.91. The van der Waals surface area contributed by atoms with Gasteiger partial charge in [0.25, 0.3) is 0 Å². The summed E-state index contributed by atoms with van der Waals surface area (Å²) in [5, 5.41) is 59.9. The van der Waals surface area contributed by atoms with Crippen molar-refractivity contribution in [1.82, 2.24) is 0 Å². The molecule has 0 aliphatic carbocycles. The topological polar surface area (TPSA) is 170 Å². The lowest BCUT2D eigenvalue weighted by molar-refractivity contribution is -0.277. The summed E-state index contributed by atoms with van der Waals surface area (Å²) in [6.07, 6.45) is -7.87. The van der Waals surface area contributed by atoms with Crippen molar-refractivity contribution < 1.29 is 44.5 Å². The maximum absolute atomic E-state index is 12.5. The van der Waals surface area contributed by atoms with E-state index < -0.39 is 60.0 Å². The van der Waals surface area contributed by atoms with Gasteiger partial charge in [0.15, 0.2) is 16.8 Å². The molecular formula is C21H20O10. The second-order valence-corrected chi connectivity index (χ2v) is 7.10. The Hall–Kier alpha value is -3.15. The van der Waals surface area contributed by atoms with Gasteiger partial charge in [0.05, 0.1) is 6.61 Å². The fourth-order valence-electron chi connectivity index (χ4n) is 3.40. The number of hydrogen-bond acceptors (Lipinski definition) is 10. The number of phenolic OH excluding ortho intramolecular Hbond substituents is 2. The Kier molecular flexibility index (Phi) is 5.56. The van der Waals surface area contributed by atoms with Gasteiger partial charge in [0, 0.05) is 17.7 Å². The minimum atomic E-state index is -1.74. The summed E-state index contributed by atoms with van der Waals surface area (Å²) in [5.41, 5.74) is -0.404. The molecule has 164 valence electrons. The van der Waals surface area contributed by atoms with Crippen LogP contribution < -0.4 is 10.2 Å². The van der Waals surface area contributed by atoms with E-state index in [1.807, 2.05) is 0 Å². The van der Waals surface area contributed by atoms with Crippen molar-refractivity contribution in [1.29, 1.82) is 0 Å². The number of fused-ring (bicyclic) bond motifs is 1. The van der Waals surface area contributed by atoms with Crippen molar-refractivity contribution >= 4 is 11.0 Å². The molecule has 1 aliphatic rings. The standard InChI is InChI=1S/C21H20O10/c22-8-14-16(25)18(27)19(28)21(31-14)30-13-7-11(24)15-10(23)6-12(29-20(15)17(13)26)9-4-2-1-3-5-9/h1-7,14,16,18-19,21-22,24-28H,8H2. The van der Waals surface area contributed by atoms with E-state index in [9.17, 15) is 35.4 Å². The molecule has 1 saturated heterocycles. The first-order valence-corrected chi connectivity index (χ1v) is 9.37. The SMILES string of the molecule is O=c1cc(-c2ccccc2)oc2c(O)c(OC3OC(CO)C(O)C(O)C3O)cc(O)c12. The zero-order chi connectivity index (χ0) is 22.3. The van der Waals surface area contributed by atoms with Crippen LogP contribution in [-0.2, 0) is 4.74 Å². The lowest BCUT2D eigenvalue weighted by Crippen LogP contribution is -2.60. The van der Waals surface area contributed by atoms with Crippen molar-refractivity contribution in [2.75, 3.05) is 6.61 Å². The predicted molar refractivity (Wildman–Crippen MR) is 106 cm³/mol. The molecule has 0 saturated carbocycles. The van der Waals surface area contributed by atoms with Gasteiger partial charge in [-0.25, -0.2) is 0 Å². The van der Waals surface area contributed by atoms with Crippen LogP contribution in [0.5, 0.6) is 17.2 Å². The van der Waals surface area contributed by atoms with Gasteiger partial charge in [-0.1, -0.05) is 30.3 Å². The predicted octanol–water partition coefficient (Wildman–Crippen LogP) is 0.0499. The Bertz CT molecular complexity index is 1140. The Morgan fingerprint density at radius 2 is 1.68 bits per heavy atom. The Labute approximate surface area is 174 Å². The van der Waals surface area contributed by atoms with Crippen molar-refractivity contribution in [3.8, 4) is 28.6 Å². The summed E-state index contributed by atoms with van der Waals surface area (Å²) < 4.78 is 16.3. The Morgan fingerprint density at radius 3 is 2.35 bits per heavy atom. The summed E-state index contributed by atoms with van der Waals surface area (Å²) in [6.45, 7) is -0.672. The fourth-order valence-corrected chi connectivity index (χ4v) is 3.40. The van der Waals surface area contributed by atoms with Crippen molar-refractivity contribution in [3.63, 3.8) is 0 Å². The molecule has 31 heavy (non-hydrogen) atoms. The molecule has 1 aromatic heterocycles. The molecule has 0 amide bonds. The average molecular weight is 432 g/mol. The molecule has 6 N–H and O–H groups in total. The first-order valence-electron chi connectivity index (χ1n) is 9.37. The van der Waals surface area contributed by atoms with Crippen molar-refractivity contribution in [2.45, 2.75) is 30.7 Å². The molecule has 5 unspecified atom stereocenters. The minimum Gasteiger partial charge on any atom is -0.507 e. The van der Waals surface area contributed by atoms with E-state index >= 15 is 0 Å². The van der Waals surface area contributed by atoms with Gasteiger partial charge in [0.2, 0.25) is 12.0 Å². The van der Waals surface area contributed by atoms with E-state index in [0.29, 0.717) is 5.56 Å². The first-order chi connectivity index (χ1) is 14.8. The first kappa shape index (κ1) is 21.1. The van der Waals surface area contributed by atoms with Crippen LogP contribution in [0.4, 0.5) is 0 Å². The molecule has 0 bridgehead atoms. The van der Waals surface area contributed by atoms with Gasteiger partial charge < -0.3 is 44.5 Å². The summed E-state index contributed by atoms with van der Waals surface area (Å²) in [4.78, 5) is 12.5. The Balaban J connectivity index is 1.77. The largest absolute Gasteiger partial charge is 0.507 e. The monoisotopic (exact) mass is 432 g/mol. The van der Waals surface area contributed by atoms with E-state index in [1.54, 1.807) is 30.3 Å². The lowest BCUT2D eigenvalue weighted by atomic mass is 9.99. The molecule has 0 radical (unpaired) electrons. The number of benzene rings is 2. The van der Waals surface area contributed by atoms with E-state index in [-0.39, 0.29) is 16.7 Å². The molecule has 3 aromatic rings. The van der Waals surface area contributed by atoms with Gasteiger partial charge in [-0.05, 0) is 0 Å². The molecule has 1 aliphatic heterocycles. The van der Waals surface area contributed by atoms with Gasteiger partial charge >= 0.3 is 0 Å². The highest BCUT2D eigenvalue weighted by atomic mass is 16.7. The maximum atomic E-state index is 12.5. The molecule has 0 spiro atoms. The number of aliphatic hydroxyl groups excluding tert-OH is 4. The van der Waals surface area contributed by atoms with Gasteiger partial charge in [-0.15, -0.1) is 0 Å². The molecule has 2 aromatic carbocycles. The number of ether oxygens (including phenoxy) is 2. The van der Waals surface area contributed by atoms with Crippen LogP contribution in [0.2, 0.25) is 0 Å². The van der Waals surface area contributed by atoms with Crippen LogP contribution in [-0.4, -0.2) is 68.0 Å². The highest BCUT2D eigenvalue weighted by Gasteiger charge is 2.45. The second kappa shape index (κ2) is 8.17. The van der Waals surface area contributed by atoms with E-state index in [4.69, 9.17) is 13.9 Å². The molecule has 1 fully saturated rings. The van der Waals surface area contributed by atoms with Gasteiger partial charge in [-0.2, -0.15) is 0 Å². The minimum absolute atomic E-state index is 0.137. The zero-order valence-corrected chi connectivity index (χ0v) is 16.0. The third kappa shape index (κ3) is 3.71. The lowest BCUT2D eigenvalue weighted by Gasteiger charge is -2.39. The second-order valence-electron chi connectivity index (χ2n) is 7.10. The summed E-state index contributed by atoms with van der Waals surface area (Å²) >= 11 is 0. The van der Waals surface area contributed by atoms with E-state index in [0.717, 1.165) is 6.07 Å². The normalized spacial score (nSPS) is 26.1. The fraction of sp³-hybridized carbons (Fsp3) is 0.286. The number of hydrogen-bond donors (Lipinski definition) is 6. The van der Waals surface area contributed by atoms with Crippen LogP contribution in [0, 0.1) is 0 Å². The van der Waals surface area contributed by atoms with E-state index in [2.05, 4.69) is 0 Å². The molecule has 4 rings (SSSR count). The highest BCUT2D eigenvalue weighted by Crippen LogP contribution is 2.41. The summed E-state index contributed by atoms with van der Waals surface area (Å²) in [7, 11) is 0. The van der Waals surface area contributed by atoms with E-state index in [1.165, 1.54) is 6.07 Å². The van der Waals surface area contributed by atoms with Crippen LogP contribution in [0.1, 0.15) is 0 Å². The number of aromatic hydroxyl groups is 2. The third-order valence-corrected chi connectivity index (χ3v) is 5.07. The average Bonchev–Trinajstić information content (AvgIpc) is 2.77. The molecular weight excluding hydrogens is 412 g/mol. The van der Waals surface area contributed by atoms with Crippen molar-refractivity contribution in [2.24, 2.45) is 0 Å². The number of aliphatic hydroxyl groups is 4. The number of rotatable bonds is 4. The zero-order valence-electron chi connectivity index (χ0n) is 16.0. The van der Waals surface area contributed by atoms with Crippen LogP contribution in [0.15, 0.2) is 51.7 Å². The maximum Gasteiger partial charge on any atom is 0.229 e. The molecule has 5 atom stereocenters. The molecule has 10 heteroatoms. The molecule has 2 heterocycles. The van der Waals surface area contributed by atoms with Crippen LogP contribution >= 0.6 is 0 Å². The Morgan fingerprint density at radius 1 is 0.968 bits per heavy atom. The van der Waals surface area contributed by atoms with Gasteiger partial charge in [0.1, 0.15) is 41.3 Å². The smallest absolute Gasteiger partial charge is 0.229 e. The summed E-state index contributed by atoms with van der Waals surface area (Å²) in [6, 6.07) is 10.7. The quantitative estimate of drug-likeness (QED) is 0.310. The number of phenols is 2. The van der Waals surface area contributed by atoms with Crippen LogP contribution in [0.3, 0.4) is 0 Å². The van der Waals surface area contributed by atoms with Gasteiger partial charge in [-0.3, -0.25) is 4.79 Å². The molecule has 10 nitrogen and oxygen atoms in total. The summed E-state index contributed by atoms with van der Waals surface area (Å²) in [5.74, 6) is -1.49.